The van der Waals surface area contributed by atoms with Crippen LogP contribution in [0.2, 0.25) is 0 Å². The standard InChI is InChI=1S/C29H51N2O/c1-27(2)18-14-11-9-7-5-3-4-6-8-10-12-17-21-29-30-22-23-31(29,24-25-32)26-28-19-15-13-16-20-28/h13,15-16,19-20,27,32H,3-12,14,17-18,21-26H2,1-2H3/q+1/t31-/m1/s1. The maximum absolute atomic E-state index is 9.72. The van der Waals surface area contributed by atoms with Crippen LogP contribution in [0.5, 0.6) is 0 Å². The highest BCUT2D eigenvalue weighted by Gasteiger charge is 2.37. The fourth-order valence-corrected chi connectivity index (χ4v) is 5.18. The molecule has 0 spiro atoms. The summed E-state index contributed by atoms with van der Waals surface area (Å²) in [6, 6.07) is 10.7. The van der Waals surface area contributed by atoms with Crippen molar-refractivity contribution in [2.75, 3.05) is 26.2 Å². The van der Waals surface area contributed by atoms with Gasteiger partial charge in [0.2, 0.25) is 0 Å². The summed E-state index contributed by atoms with van der Waals surface area (Å²) >= 11 is 0. The van der Waals surface area contributed by atoms with E-state index < -0.39 is 0 Å². The van der Waals surface area contributed by atoms with Gasteiger partial charge in [0.1, 0.15) is 19.6 Å². The molecule has 1 heterocycles. The highest BCUT2D eigenvalue weighted by atomic mass is 16.3. The van der Waals surface area contributed by atoms with Crippen molar-refractivity contribution in [3.63, 3.8) is 0 Å². The minimum Gasteiger partial charge on any atom is -0.390 e. The average molecular weight is 444 g/mol. The van der Waals surface area contributed by atoms with Crippen LogP contribution >= 0.6 is 0 Å². The first-order valence-electron chi connectivity index (χ1n) is 13.7. The van der Waals surface area contributed by atoms with Crippen molar-refractivity contribution >= 4 is 5.84 Å². The van der Waals surface area contributed by atoms with E-state index in [0.717, 1.165) is 43.0 Å². The molecule has 1 aliphatic heterocycles. The van der Waals surface area contributed by atoms with E-state index in [1.165, 1.54) is 94.9 Å². The smallest absolute Gasteiger partial charge is 0.198 e. The molecule has 0 radical (unpaired) electrons. The molecule has 0 unspecified atom stereocenters. The molecule has 1 aliphatic rings. The highest BCUT2D eigenvalue weighted by molar-refractivity contribution is 5.76. The Morgan fingerprint density at radius 1 is 0.812 bits per heavy atom. The van der Waals surface area contributed by atoms with Gasteiger partial charge in [-0.2, -0.15) is 0 Å². The van der Waals surface area contributed by atoms with Gasteiger partial charge < -0.3 is 5.11 Å². The first-order valence-corrected chi connectivity index (χ1v) is 13.7. The summed E-state index contributed by atoms with van der Waals surface area (Å²) in [6.45, 7) is 8.63. The minimum atomic E-state index is 0.240. The molecule has 0 saturated carbocycles. The second kappa shape index (κ2) is 16.4. The Bertz CT molecular complexity index is 613. The molecular formula is C29H51N2O+. The number of aliphatic imine (C=N–C) groups is 1. The van der Waals surface area contributed by atoms with Crippen molar-refractivity contribution in [1.29, 1.82) is 0 Å². The van der Waals surface area contributed by atoms with Gasteiger partial charge in [-0.3, -0.25) is 4.48 Å². The summed E-state index contributed by atoms with van der Waals surface area (Å²) in [4.78, 5) is 4.88. The molecule has 0 fully saturated rings. The van der Waals surface area contributed by atoms with E-state index in [0.29, 0.717) is 0 Å². The van der Waals surface area contributed by atoms with E-state index in [4.69, 9.17) is 4.99 Å². The van der Waals surface area contributed by atoms with Gasteiger partial charge in [-0.15, -0.1) is 0 Å². The van der Waals surface area contributed by atoms with Crippen molar-refractivity contribution in [1.82, 2.24) is 0 Å². The Balaban J connectivity index is 1.52. The zero-order valence-electron chi connectivity index (χ0n) is 21.2. The lowest BCUT2D eigenvalue weighted by Crippen LogP contribution is -2.51. The van der Waals surface area contributed by atoms with E-state index >= 15 is 0 Å². The van der Waals surface area contributed by atoms with Crippen LogP contribution in [-0.4, -0.2) is 41.7 Å². The third-order valence-corrected chi connectivity index (χ3v) is 7.16. The molecule has 32 heavy (non-hydrogen) atoms. The minimum absolute atomic E-state index is 0.240. The Morgan fingerprint density at radius 2 is 1.38 bits per heavy atom. The normalized spacial score (nSPS) is 18.4. The van der Waals surface area contributed by atoms with E-state index in [1.54, 1.807) is 0 Å². The summed E-state index contributed by atoms with van der Waals surface area (Å²) in [5.74, 6) is 2.20. The van der Waals surface area contributed by atoms with Gasteiger partial charge >= 0.3 is 0 Å². The predicted molar refractivity (Wildman–Crippen MR) is 139 cm³/mol. The van der Waals surface area contributed by atoms with Crippen molar-refractivity contribution in [3.05, 3.63) is 35.9 Å². The summed E-state index contributed by atoms with van der Waals surface area (Å²) < 4.78 is 0.873. The molecule has 3 heteroatoms. The Hall–Kier alpha value is -1.19. The van der Waals surface area contributed by atoms with Crippen LogP contribution in [0.4, 0.5) is 0 Å². The van der Waals surface area contributed by atoms with E-state index in [9.17, 15) is 5.11 Å². The highest BCUT2D eigenvalue weighted by Crippen LogP contribution is 2.24. The summed E-state index contributed by atoms with van der Waals surface area (Å²) in [7, 11) is 0. The first-order chi connectivity index (χ1) is 15.7. The van der Waals surface area contributed by atoms with Gasteiger partial charge in [0.15, 0.2) is 5.84 Å². The first kappa shape index (κ1) is 27.1. The van der Waals surface area contributed by atoms with E-state index in [-0.39, 0.29) is 6.61 Å². The molecule has 0 bridgehead atoms. The maximum atomic E-state index is 9.72. The number of quaternary nitrogens is 1. The number of nitrogens with zero attached hydrogens (tertiary/aromatic N) is 2. The number of aliphatic hydroxyl groups excluding tert-OH is 1. The molecule has 0 aromatic heterocycles. The molecular weight excluding hydrogens is 392 g/mol. The topological polar surface area (TPSA) is 32.6 Å². The largest absolute Gasteiger partial charge is 0.390 e. The van der Waals surface area contributed by atoms with Crippen molar-refractivity contribution in [2.24, 2.45) is 10.9 Å². The zero-order chi connectivity index (χ0) is 22.9. The van der Waals surface area contributed by atoms with Crippen LogP contribution in [0, 0.1) is 5.92 Å². The van der Waals surface area contributed by atoms with Gasteiger partial charge in [-0.25, -0.2) is 4.99 Å². The van der Waals surface area contributed by atoms with E-state index in [2.05, 4.69) is 44.2 Å². The third kappa shape index (κ3) is 10.6. The van der Waals surface area contributed by atoms with Crippen LogP contribution in [0.25, 0.3) is 0 Å². The lowest BCUT2D eigenvalue weighted by molar-refractivity contribution is -0.850. The molecule has 0 amide bonds. The zero-order valence-corrected chi connectivity index (χ0v) is 21.2. The number of rotatable bonds is 19. The van der Waals surface area contributed by atoms with Gasteiger partial charge in [0.25, 0.3) is 0 Å². The van der Waals surface area contributed by atoms with Gasteiger partial charge in [0, 0.05) is 12.0 Å². The summed E-state index contributed by atoms with van der Waals surface area (Å²) in [6.07, 6.45) is 19.3. The summed E-state index contributed by atoms with van der Waals surface area (Å²) in [5, 5.41) is 9.72. The Morgan fingerprint density at radius 3 is 1.94 bits per heavy atom. The number of hydrogen-bond acceptors (Lipinski definition) is 2. The maximum Gasteiger partial charge on any atom is 0.198 e. The van der Waals surface area contributed by atoms with Gasteiger partial charge in [0.05, 0.1) is 13.2 Å². The number of amidine groups is 1. The van der Waals surface area contributed by atoms with Crippen molar-refractivity contribution in [3.8, 4) is 0 Å². The number of unbranched alkanes of at least 4 members (excludes halogenated alkanes) is 11. The average Bonchev–Trinajstić information content (AvgIpc) is 3.16. The number of aliphatic hydroxyl groups is 1. The molecule has 0 saturated heterocycles. The lowest BCUT2D eigenvalue weighted by atomic mass is 10.0. The van der Waals surface area contributed by atoms with Crippen LogP contribution in [0.1, 0.15) is 109 Å². The number of benzene rings is 1. The van der Waals surface area contributed by atoms with Crippen LogP contribution < -0.4 is 0 Å². The number of hydrogen-bond donors (Lipinski definition) is 1. The fraction of sp³-hybridized carbons (Fsp3) is 0.759. The second-order valence-corrected chi connectivity index (χ2v) is 10.4. The van der Waals surface area contributed by atoms with Crippen LogP contribution in [0.15, 0.2) is 35.3 Å². The van der Waals surface area contributed by atoms with Crippen molar-refractivity contribution < 1.29 is 9.59 Å². The SMILES string of the molecule is CC(C)CCCCCCCCCCCCCCC1=NCC[N@@+]1(CCO)Cc1ccccc1. The second-order valence-electron chi connectivity index (χ2n) is 10.4. The third-order valence-electron chi connectivity index (χ3n) is 7.16. The lowest BCUT2D eigenvalue weighted by Gasteiger charge is -2.34. The molecule has 3 nitrogen and oxygen atoms in total. The summed E-state index contributed by atoms with van der Waals surface area (Å²) in [5.41, 5.74) is 1.35. The van der Waals surface area contributed by atoms with E-state index in [1.807, 2.05) is 0 Å². The Kier molecular flexibility index (Phi) is 13.9. The van der Waals surface area contributed by atoms with Crippen molar-refractivity contribution in [2.45, 2.75) is 110 Å². The molecule has 1 aromatic carbocycles. The molecule has 1 atom stereocenters. The van der Waals surface area contributed by atoms with Gasteiger partial charge in [-0.1, -0.05) is 121 Å². The predicted octanol–water partition coefficient (Wildman–Crippen LogP) is 7.53. The quantitative estimate of drug-likeness (QED) is 0.174. The molecule has 1 aromatic rings. The van der Waals surface area contributed by atoms with Crippen LogP contribution in [0.3, 0.4) is 0 Å². The fourth-order valence-electron chi connectivity index (χ4n) is 5.18. The molecule has 1 N–H and O–H groups in total. The monoisotopic (exact) mass is 443 g/mol. The van der Waals surface area contributed by atoms with Gasteiger partial charge in [-0.05, 0) is 12.3 Å². The molecule has 182 valence electrons. The van der Waals surface area contributed by atoms with Crippen LogP contribution in [-0.2, 0) is 6.54 Å². The molecule has 2 rings (SSSR count). The Labute approximate surface area is 198 Å². The molecule has 0 aliphatic carbocycles.